The number of nitrogens with one attached hydrogen (secondary N) is 1. The molecule has 118 valence electrons. The third kappa shape index (κ3) is 4.99. The monoisotopic (exact) mass is 303 g/mol. The Morgan fingerprint density at radius 1 is 1.10 bits per heavy atom. The molecule has 1 nitrogen and oxygen atoms in total. The Morgan fingerprint density at radius 3 is 2.38 bits per heavy atom. The lowest BCUT2D eigenvalue weighted by Gasteiger charge is -2.26. The van der Waals surface area contributed by atoms with E-state index in [1.54, 1.807) is 0 Å². The van der Waals surface area contributed by atoms with Gasteiger partial charge in [0, 0.05) is 6.54 Å². The van der Waals surface area contributed by atoms with Crippen molar-refractivity contribution in [1.82, 2.24) is 5.32 Å². The summed E-state index contributed by atoms with van der Waals surface area (Å²) in [7, 11) is 0. The van der Waals surface area contributed by atoms with Crippen molar-refractivity contribution < 1.29 is 17.6 Å². The van der Waals surface area contributed by atoms with Gasteiger partial charge in [-0.3, -0.25) is 0 Å². The Hall–Kier alpha value is -1.10. The first-order valence-corrected chi connectivity index (χ1v) is 7.42. The summed E-state index contributed by atoms with van der Waals surface area (Å²) in [4.78, 5) is 0. The maximum atomic E-state index is 13.3. The molecule has 1 aromatic carbocycles. The SMILES string of the molecule is CC1CCC(CNCc2cc(F)cc(C(F)(F)F)c2)CC1. The molecule has 0 bridgehead atoms. The molecule has 0 spiro atoms. The van der Waals surface area contributed by atoms with Crippen molar-refractivity contribution in [2.75, 3.05) is 6.54 Å². The third-order valence-electron chi connectivity index (χ3n) is 4.18. The average molecular weight is 303 g/mol. The lowest BCUT2D eigenvalue weighted by Crippen LogP contribution is -2.25. The quantitative estimate of drug-likeness (QED) is 0.791. The Kier molecular flexibility index (Phi) is 5.25. The molecule has 2 rings (SSSR count). The highest BCUT2D eigenvalue weighted by Crippen LogP contribution is 2.30. The van der Waals surface area contributed by atoms with Gasteiger partial charge < -0.3 is 5.32 Å². The molecule has 21 heavy (non-hydrogen) atoms. The minimum atomic E-state index is -4.50. The lowest BCUT2D eigenvalue weighted by molar-refractivity contribution is -0.137. The van der Waals surface area contributed by atoms with Crippen LogP contribution in [0.3, 0.4) is 0 Å². The molecular formula is C16H21F4N. The molecule has 0 atom stereocenters. The van der Waals surface area contributed by atoms with E-state index in [4.69, 9.17) is 0 Å². The first-order chi connectivity index (χ1) is 9.84. The van der Waals surface area contributed by atoms with Crippen molar-refractivity contribution in [2.24, 2.45) is 11.8 Å². The number of hydrogen-bond acceptors (Lipinski definition) is 1. The highest BCUT2D eigenvalue weighted by atomic mass is 19.4. The van der Waals surface area contributed by atoms with Gasteiger partial charge in [0.1, 0.15) is 5.82 Å². The van der Waals surface area contributed by atoms with Crippen molar-refractivity contribution in [3.05, 3.63) is 35.1 Å². The van der Waals surface area contributed by atoms with E-state index < -0.39 is 17.6 Å². The van der Waals surface area contributed by atoms with E-state index in [0.29, 0.717) is 17.5 Å². The summed E-state index contributed by atoms with van der Waals surface area (Å²) in [6.07, 6.45) is 0.238. The predicted octanol–water partition coefficient (Wildman–Crippen LogP) is 4.76. The Bertz CT molecular complexity index is 462. The van der Waals surface area contributed by atoms with Crippen molar-refractivity contribution in [3.8, 4) is 0 Å². The normalized spacial score (nSPS) is 23.3. The van der Waals surface area contributed by atoms with Gasteiger partial charge in [0.25, 0.3) is 0 Å². The number of halogens is 4. The Balaban J connectivity index is 1.87. The summed E-state index contributed by atoms with van der Waals surface area (Å²) in [5.41, 5.74) is -0.586. The fraction of sp³-hybridized carbons (Fsp3) is 0.625. The number of alkyl halides is 3. The maximum Gasteiger partial charge on any atom is 0.416 e. The van der Waals surface area contributed by atoms with Gasteiger partial charge in [0.2, 0.25) is 0 Å². The van der Waals surface area contributed by atoms with Gasteiger partial charge >= 0.3 is 6.18 Å². The molecule has 1 N–H and O–H groups in total. The zero-order valence-electron chi connectivity index (χ0n) is 12.1. The molecule has 0 heterocycles. The summed E-state index contributed by atoms with van der Waals surface area (Å²) < 4.78 is 51.1. The second-order valence-corrected chi connectivity index (χ2v) is 6.10. The van der Waals surface area contributed by atoms with Gasteiger partial charge in [-0.05, 0) is 55.0 Å². The molecular weight excluding hydrogens is 282 g/mol. The fourth-order valence-corrected chi connectivity index (χ4v) is 2.87. The van der Waals surface area contributed by atoms with Crippen molar-refractivity contribution in [2.45, 2.75) is 45.3 Å². The van der Waals surface area contributed by atoms with E-state index in [-0.39, 0.29) is 6.54 Å². The van der Waals surface area contributed by atoms with Crippen LogP contribution in [-0.4, -0.2) is 6.54 Å². The van der Waals surface area contributed by atoms with Crippen molar-refractivity contribution in [3.63, 3.8) is 0 Å². The summed E-state index contributed by atoms with van der Waals surface area (Å²) >= 11 is 0. The van der Waals surface area contributed by atoms with Gasteiger partial charge in [-0.15, -0.1) is 0 Å². The average Bonchev–Trinajstić information content (AvgIpc) is 2.39. The summed E-state index contributed by atoms with van der Waals surface area (Å²) in [6.45, 7) is 3.30. The highest BCUT2D eigenvalue weighted by Gasteiger charge is 2.31. The van der Waals surface area contributed by atoms with Crippen LogP contribution in [0.15, 0.2) is 18.2 Å². The molecule has 5 heteroatoms. The van der Waals surface area contributed by atoms with Crippen molar-refractivity contribution in [1.29, 1.82) is 0 Å². The fourth-order valence-electron chi connectivity index (χ4n) is 2.87. The second kappa shape index (κ2) is 6.77. The van der Waals surface area contributed by atoms with E-state index in [1.807, 2.05) is 0 Å². The van der Waals surface area contributed by atoms with Crippen LogP contribution in [0.1, 0.15) is 43.7 Å². The molecule has 1 saturated carbocycles. The first-order valence-electron chi connectivity index (χ1n) is 7.42. The van der Waals surface area contributed by atoms with Crippen LogP contribution in [0.4, 0.5) is 17.6 Å². The molecule has 0 aromatic heterocycles. The summed E-state index contributed by atoms with van der Waals surface area (Å²) in [5.74, 6) is 0.517. The Morgan fingerprint density at radius 2 is 1.76 bits per heavy atom. The van der Waals surface area contributed by atoms with E-state index in [9.17, 15) is 17.6 Å². The Labute approximate surface area is 122 Å². The van der Waals surface area contributed by atoms with Gasteiger partial charge in [-0.1, -0.05) is 19.8 Å². The number of rotatable bonds is 4. The zero-order chi connectivity index (χ0) is 15.5. The van der Waals surface area contributed by atoms with Crippen LogP contribution in [0.2, 0.25) is 0 Å². The van der Waals surface area contributed by atoms with Crippen LogP contribution >= 0.6 is 0 Å². The number of hydrogen-bond donors (Lipinski definition) is 1. The van der Waals surface area contributed by atoms with Crippen LogP contribution in [0, 0.1) is 17.7 Å². The van der Waals surface area contributed by atoms with E-state index >= 15 is 0 Å². The number of benzene rings is 1. The zero-order valence-corrected chi connectivity index (χ0v) is 12.1. The third-order valence-corrected chi connectivity index (χ3v) is 4.18. The first kappa shape index (κ1) is 16.3. The minimum absolute atomic E-state index is 0.271. The topological polar surface area (TPSA) is 12.0 Å². The molecule has 0 radical (unpaired) electrons. The standard InChI is InChI=1S/C16H21F4N/c1-11-2-4-12(5-3-11)9-21-10-13-6-14(16(18,19)20)8-15(17)7-13/h6-8,11-12,21H,2-5,9-10H2,1H3. The van der Waals surface area contributed by atoms with Crippen LogP contribution in [0.25, 0.3) is 0 Å². The molecule has 1 aliphatic rings. The molecule has 1 aromatic rings. The van der Waals surface area contributed by atoms with E-state index in [2.05, 4.69) is 12.2 Å². The summed E-state index contributed by atoms with van der Waals surface area (Å²) in [5, 5.41) is 3.16. The lowest BCUT2D eigenvalue weighted by atomic mass is 9.83. The van der Waals surface area contributed by atoms with Crippen LogP contribution in [-0.2, 0) is 12.7 Å². The van der Waals surface area contributed by atoms with Crippen LogP contribution in [0.5, 0.6) is 0 Å². The molecule has 1 fully saturated rings. The smallest absolute Gasteiger partial charge is 0.312 e. The maximum absolute atomic E-state index is 13.3. The van der Waals surface area contributed by atoms with Crippen molar-refractivity contribution >= 4 is 0 Å². The molecule has 0 unspecified atom stereocenters. The highest BCUT2D eigenvalue weighted by molar-refractivity contribution is 5.26. The van der Waals surface area contributed by atoms with Crippen LogP contribution < -0.4 is 5.32 Å². The van der Waals surface area contributed by atoms with Gasteiger partial charge in [-0.25, -0.2) is 4.39 Å². The second-order valence-electron chi connectivity index (χ2n) is 6.10. The van der Waals surface area contributed by atoms with Gasteiger partial charge in [0.05, 0.1) is 5.56 Å². The summed E-state index contributed by atoms with van der Waals surface area (Å²) in [6, 6.07) is 2.70. The molecule has 0 aliphatic heterocycles. The largest absolute Gasteiger partial charge is 0.416 e. The predicted molar refractivity (Wildman–Crippen MR) is 74.2 cm³/mol. The minimum Gasteiger partial charge on any atom is -0.312 e. The van der Waals surface area contributed by atoms with E-state index in [1.165, 1.54) is 12.8 Å². The molecule has 0 amide bonds. The van der Waals surface area contributed by atoms with Gasteiger partial charge in [-0.2, -0.15) is 13.2 Å². The molecule has 0 saturated heterocycles. The van der Waals surface area contributed by atoms with E-state index in [0.717, 1.165) is 37.4 Å². The van der Waals surface area contributed by atoms with Gasteiger partial charge in [0.15, 0.2) is 0 Å². The molecule has 1 aliphatic carbocycles.